The molecule has 0 fully saturated rings. The standard InChI is InChI=1S/C27H31N3O3/c1-5-24(26(31)28-19-12-11-17(3)18(4)15-19)33-27(32)25-20-9-7-8-10-22(20)29-23-13-14-30(6-2)16-21(23)25/h7-12,15,24H,5-6,13-14,16H2,1-4H3,(H,28,31). The summed E-state index contributed by atoms with van der Waals surface area (Å²) in [6, 6.07) is 13.4. The molecule has 1 amide bonds. The van der Waals surface area contributed by atoms with E-state index in [1.165, 1.54) is 0 Å². The highest BCUT2D eigenvalue weighted by Crippen LogP contribution is 2.29. The summed E-state index contributed by atoms with van der Waals surface area (Å²) in [5, 5.41) is 3.66. The highest BCUT2D eigenvalue weighted by atomic mass is 16.5. The molecule has 2 aromatic carbocycles. The molecule has 6 heteroatoms. The average molecular weight is 446 g/mol. The fraction of sp³-hybridized carbons (Fsp3) is 0.370. The van der Waals surface area contributed by atoms with Crippen molar-refractivity contribution in [2.24, 2.45) is 0 Å². The third-order valence-corrected chi connectivity index (χ3v) is 6.46. The van der Waals surface area contributed by atoms with Crippen molar-refractivity contribution < 1.29 is 14.3 Å². The fourth-order valence-electron chi connectivity index (χ4n) is 4.30. The van der Waals surface area contributed by atoms with Crippen LogP contribution in [0.3, 0.4) is 0 Å². The van der Waals surface area contributed by atoms with Gasteiger partial charge in [-0.1, -0.05) is 38.1 Å². The van der Waals surface area contributed by atoms with E-state index in [9.17, 15) is 9.59 Å². The number of carbonyl (C=O) groups is 2. The monoisotopic (exact) mass is 445 g/mol. The third kappa shape index (κ3) is 4.76. The molecular weight excluding hydrogens is 414 g/mol. The number of fused-ring (bicyclic) bond motifs is 2. The maximum atomic E-state index is 13.5. The van der Waals surface area contributed by atoms with Gasteiger partial charge in [-0.25, -0.2) is 4.79 Å². The van der Waals surface area contributed by atoms with Crippen molar-refractivity contribution in [1.29, 1.82) is 0 Å². The second-order valence-electron chi connectivity index (χ2n) is 8.64. The fourth-order valence-corrected chi connectivity index (χ4v) is 4.30. The number of amides is 1. The van der Waals surface area contributed by atoms with Gasteiger partial charge in [0.2, 0.25) is 0 Å². The van der Waals surface area contributed by atoms with Gasteiger partial charge < -0.3 is 10.1 Å². The van der Waals surface area contributed by atoms with E-state index in [2.05, 4.69) is 17.1 Å². The maximum Gasteiger partial charge on any atom is 0.340 e. The molecule has 1 unspecified atom stereocenters. The number of hydrogen-bond acceptors (Lipinski definition) is 5. The van der Waals surface area contributed by atoms with E-state index in [4.69, 9.17) is 9.72 Å². The number of nitrogens with one attached hydrogen (secondary N) is 1. The predicted molar refractivity (Wildman–Crippen MR) is 130 cm³/mol. The second-order valence-corrected chi connectivity index (χ2v) is 8.64. The van der Waals surface area contributed by atoms with E-state index in [1.807, 2.05) is 63.2 Å². The lowest BCUT2D eigenvalue weighted by atomic mass is 9.95. The van der Waals surface area contributed by atoms with E-state index in [0.29, 0.717) is 24.2 Å². The molecule has 33 heavy (non-hydrogen) atoms. The SMILES string of the molecule is CCC(OC(=O)c1c2c(nc3ccccc13)CCN(CC)C2)C(=O)Nc1ccc(C)c(C)c1. The van der Waals surface area contributed by atoms with Gasteiger partial charge >= 0.3 is 5.97 Å². The second kappa shape index (κ2) is 9.71. The Hall–Kier alpha value is -3.25. The largest absolute Gasteiger partial charge is 0.449 e. The van der Waals surface area contributed by atoms with Crippen LogP contribution in [0.15, 0.2) is 42.5 Å². The number of anilines is 1. The lowest BCUT2D eigenvalue weighted by Crippen LogP contribution is -2.35. The Labute approximate surface area is 195 Å². The van der Waals surface area contributed by atoms with Crippen molar-refractivity contribution >= 4 is 28.5 Å². The third-order valence-electron chi connectivity index (χ3n) is 6.46. The smallest absolute Gasteiger partial charge is 0.340 e. The summed E-state index contributed by atoms with van der Waals surface area (Å²) >= 11 is 0. The number of aryl methyl sites for hydroxylation is 2. The van der Waals surface area contributed by atoms with Gasteiger partial charge in [0.15, 0.2) is 6.10 Å². The Balaban J connectivity index is 1.63. The molecule has 6 nitrogen and oxygen atoms in total. The van der Waals surface area contributed by atoms with Crippen molar-refractivity contribution in [2.75, 3.05) is 18.4 Å². The number of hydrogen-bond donors (Lipinski definition) is 1. The Bertz CT molecular complexity index is 1200. The quantitative estimate of drug-likeness (QED) is 0.552. The minimum absolute atomic E-state index is 0.323. The number of rotatable bonds is 6. The van der Waals surface area contributed by atoms with Crippen LogP contribution in [0.25, 0.3) is 10.9 Å². The molecule has 2 heterocycles. The highest BCUT2D eigenvalue weighted by Gasteiger charge is 2.29. The van der Waals surface area contributed by atoms with Crippen molar-refractivity contribution in [3.63, 3.8) is 0 Å². The number of para-hydroxylation sites is 1. The molecule has 0 aliphatic carbocycles. The van der Waals surface area contributed by atoms with E-state index in [1.54, 1.807) is 0 Å². The van der Waals surface area contributed by atoms with Gasteiger partial charge in [-0.15, -0.1) is 0 Å². The minimum atomic E-state index is -0.882. The van der Waals surface area contributed by atoms with Gasteiger partial charge in [-0.3, -0.25) is 14.7 Å². The van der Waals surface area contributed by atoms with Crippen molar-refractivity contribution in [3.05, 3.63) is 70.4 Å². The van der Waals surface area contributed by atoms with E-state index in [0.717, 1.165) is 52.8 Å². The van der Waals surface area contributed by atoms with Crippen molar-refractivity contribution in [1.82, 2.24) is 9.88 Å². The molecule has 1 atom stereocenters. The molecule has 0 bridgehead atoms. The summed E-state index contributed by atoms with van der Waals surface area (Å²) in [5.74, 6) is -0.790. The maximum absolute atomic E-state index is 13.5. The van der Waals surface area contributed by atoms with Crippen LogP contribution in [-0.4, -0.2) is 41.0 Å². The normalized spacial score (nSPS) is 14.5. The molecule has 172 valence electrons. The number of aromatic nitrogens is 1. The Kier molecular flexibility index (Phi) is 6.75. The van der Waals surface area contributed by atoms with Crippen LogP contribution in [0.4, 0.5) is 5.69 Å². The Morgan fingerprint density at radius 3 is 2.64 bits per heavy atom. The average Bonchev–Trinajstić information content (AvgIpc) is 2.82. The molecule has 0 radical (unpaired) electrons. The number of esters is 1. The van der Waals surface area contributed by atoms with Crippen molar-refractivity contribution in [3.8, 4) is 0 Å². The summed E-state index contributed by atoms with van der Waals surface area (Å²) in [6.07, 6.45) is 0.292. The molecule has 3 aromatic rings. The van der Waals surface area contributed by atoms with Gasteiger partial charge in [0, 0.05) is 41.8 Å². The number of likely N-dealkylation sites (N-methyl/N-ethyl adjacent to an activating group) is 1. The first kappa shape index (κ1) is 22.9. The van der Waals surface area contributed by atoms with Crippen LogP contribution in [0, 0.1) is 13.8 Å². The van der Waals surface area contributed by atoms with Crippen LogP contribution in [0.1, 0.15) is 53.0 Å². The zero-order valence-electron chi connectivity index (χ0n) is 19.8. The van der Waals surface area contributed by atoms with Crippen LogP contribution in [-0.2, 0) is 22.5 Å². The number of pyridine rings is 1. The van der Waals surface area contributed by atoms with E-state index < -0.39 is 12.1 Å². The number of benzene rings is 2. The topological polar surface area (TPSA) is 71.5 Å². The number of nitrogens with zero attached hydrogens (tertiary/aromatic N) is 2. The minimum Gasteiger partial charge on any atom is -0.449 e. The highest BCUT2D eigenvalue weighted by molar-refractivity contribution is 6.06. The first-order valence-corrected chi connectivity index (χ1v) is 11.6. The van der Waals surface area contributed by atoms with Crippen LogP contribution in [0.5, 0.6) is 0 Å². The Morgan fingerprint density at radius 2 is 1.91 bits per heavy atom. The first-order chi connectivity index (χ1) is 15.9. The lowest BCUT2D eigenvalue weighted by Gasteiger charge is -2.29. The Morgan fingerprint density at radius 1 is 1.12 bits per heavy atom. The van der Waals surface area contributed by atoms with Gasteiger partial charge in [-0.05, 0) is 56.1 Å². The molecule has 1 aliphatic heterocycles. The molecule has 1 aliphatic rings. The molecule has 1 N–H and O–H groups in total. The molecule has 0 saturated heterocycles. The van der Waals surface area contributed by atoms with Crippen LogP contribution < -0.4 is 5.32 Å². The summed E-state index contributed by atoms with van der Waals surface area (Å²) in [5.41, 5.74) is 6.11. The van der Waals surface area contributed by atoms with E-state index >= 15 is 0 Å². The summed E-state index contributed by atoms with van der Waals surface area (Å²) in [4.78, 5) is 33.6. The summed E-state index contributed by atoms with van der Waals surface area (Å²) < 4.78 is 5.82. The number of carbonyl (C=O) groups excluding carboxylic acids is 2. The summed E-state index contributed by atoms with van der Waals surface area (Å²) in [6.45, 7) is 10.4. The van der Waals surface area contributed by atoms with Gasteiger partial charge in [0.25, 0.3) is 5.91 Å². The van der Waals surface area contributed by atoms with Gasteiger partial charge in [0.05, 0.1) is 11.1 Å². The molecule has 4 rings (SSSR count). The number of ether oxygens (including phenoxy) is 1. The molecule has 1 aromatic heterocycles. The first-order valence-electron chi connectivity index (χ1n) is 11.6. The zero-order chi connectivity index (χ0) is 23.5. The van der Waals surface area contributed by atoms with Crippen LogP contribution in [0.2, 0.25) is 0 Å². The lowest BCUT2D eigenvalue weighted by molar-refractivity contribution is -0.124. The van der Waals surface area contributed by atoms with Gasteiger partial charge in [-0.2, -0.15) is 0 Å². The molecule has 0 saturated carbocycles. The van der Waals surface area contributed by atoms with Crippen molar-refractivity contribution in [2.45, 2.75) is 53.2 Å². The predicted octanol–water partition coefficient (Wildman–Crippen LogP) is 4.80. The molecule has 0 spiro atoms. The van der Waals surface area contributed by atoms with Gasteiger partial charge in [0.1, 0.15) is 0 Å². The van der Waals surface area contributed by atoms with Crippen LogP contribution >= 0.6 is 0 Å². The summed E-state index contributed by atoms with van der Waals surface area (Å²) in [7, 11) is 0. The van der Waals surface area contributed by atoms with E-state index in [-0.39, 0.29) is 5.91 Å². The molecular formula is C27H31N3O3. The zero-order valence-corrected chi connectivity index (χ0v) is 19.8.